The van der Waals surface area contributed by atoms with Gasteiger partial charge in [0.05, 0.1) is 4.92 Å². The van der Waals surface area contributed by atoms with Crippen LogP contribution in [0.1, 0.15) is 15.9 Å². The standard InChI is InChI=1S/C15H15N3O3/c19-15(13-7-2-1-3-8-13)17-16-11-10-12-6-4-5-9-14(12)18(20)21/h1-9,16H,10-11H2,(H,17,19). The molecule has 0 aliphatic heterocycles. The Morgan fingerprint density at radius 2 is 1.71 bits per heavy atom. The summed E-state index contributed by atoms with van der Waals surface area (Å²) in [6, 6.07) is 15.4. The first kappa shape index (κ1) is 14.7. The number of hydrogen-bond acceptors (Lipinski definition) is 4. The number of carbonyl (C=O) groups excluding carboxylic acids is 1. The van der Waals surface area contributed by atoms with Crippen LogP contribution in [0.3, 0.4) is 0 Å². The van der Waals surface area contributed by atoms with E-state index >= 15 is 0 Å². The third-order valence-electron chi connectivity index (χ3n) is 2.95. The molecule has 2 aromatic rings. The van der Waals surface area contributed by atoms with Gasteiger partial charge in [-0.2, -0.15) is 0 Å². The number of amides is 1. The van der Waals surface area contributed by atoms with E-state index in [2.05, 4.69) is 10.9 Å². The molecular formula is C15H15N3O3. The molecule has 0 aromatic heterocycles. The van der Waals surface area contributed by atoms with E-state index in [1.165, 1.54) is 6.07 Å². The van der Waals surface area contributed by atoms with E-state index in [9.17, 15) is 14.9 Å². The van der Waals surface area contributed by atoms with Gasteiger partial charge in [-0.3, -0.25) is 20.3 Å². The van der Waals surface area contributed by atoms with E-state index in [0.717, 1.165) is 0 Å². The molecule has 0 saturated heterocycles. The van der Waals surface area contributed by atoms with Gasteiger partial charge >= 0.3 is 0 Å². The lowest BCUT2D eigenvalue weighted by Crippen LogP contribution is -2.38. The highest BCUT2D eigenvalue weighted by atomic mass is 16.6. The first-order valence-corrected chi connectivity index (χ1v) is 6.49. The number of hydrogen-bond donors (Lipinski definition) is 2. The zero-order valence-electron chi connectivity index (χ0n) is 11.3. The van der Waals surface area contributed by atoms with Crippen molar-refractivity contribution in [2.24, 2.45) is 0 Å². The summed E-state index contributed by atoms with van der Waals surface area (Å²) in [5.74, 6) is -0.238. The summed E-state index contributed by atoms with van der Waals surface area (Å²) in [4.78, 5) is 22.2. The van der Waals surface area contributed by atoms with E-state index in [4.69, 9.17) is 0 Å². The second-order valence-electron chi connectivity index (χ2n) is 4.38. The minimum atomic E-state index is -0.405. The molecule has 0 saturated carbocycles. The van der Waals surface area contributed by atoms with Crippen molar-refractivity contribution in [1.82, 2.24) is 10.9 Å². The highest BCUT2D eigenvalue weighted by molar-refractivity contribution is 5.93. The van der Waals surface area contributed by atoms with Crippen molar-refractivity contribution in [3.63, 3.8) is 0 Å². The van der Waals surface area contributed by atoms with Crippen LogP contribution in [0.15, 0.2) is 54.6 Å². The summed E-state index contributed by atoms with van der Waals surface area (Å²) in [6.45, 7) is 0.406. The summed E-state index contributed by atoms with van der Waals surface area (Å²) in [5, 5.41) is 10.9. The fourth-order valence-corrected chi connectivity index (χ4v) is 1.90. The van der Waals surface area contributed by atoms with Gasteiger partial charge < -0.3 is 0 Å². The van der Waals surface area contributed by atoms with Crippen LogP contribution >= 0.6 is 0 Å². The van der Waals surface area contributed by atoms with Gasteiger partial charge in [0.25, 0.3) is 11.6 Å². The first-order valence-electron chi connectivity index (χ1n) is 6.49. The van der Waals surface area contributed by atoms with Gasteiger partial charge in [0.2, 0.25) is 0 Å². The van der Waals surface area contributed by atoms with E-state index in [0.29, 0.717) is 24.1 Å². The van der Waals surface area contributed by atoms with E-state index < -0.39 is 4.92 Å². The third-order valence-corrected chi connectivity index (χ3v) is 2.95. The molecule has 0 radical (unpaired) electrons. The Morgan fingerprint density at radius 1 is 1.05 bits per heavy atom. The number of carbonyl (C=O) groups is 1. The maximum atomic E-state index is 11.7. The van der Waals surface area contributed by atoms with Gasteiger partial charge in [-0.15, -0.1) is 0 Å². The Kier molecular flexibility index (Phi) is 5.00. The quantitative estimate of drug-likeness (QED) is 0.483. The second-order valence-corrected chi connectivity index (χ2v) is 4.38. The fraction of sp³-hybridized carbons (Fsp3) is 0.133. The zero-order chi connectivity index (χ0) is 15.1. The number of para-hydroxylation sites is 1. The van der Waals surface area contributed by atoms with Crippen LogP contribution in [0, 0.1) is 10.1 Å². The van der Waals surface area contributed by atoms with Crippen molar-refractivity contribution in [2.45, 2.75) is 6.42 Å². The van der Waals surface area contributed by atoms with Crippen molar-refractivity contribution in [3.05, 3.63) is 75.8 Å². The molecule has 0 heterocycles. The Balaban J connectivity index is 1.83. The van der Waals surface area contributed by atoms with Crippen molar-refractivity contribution in [3.8, 4) is 0 Å². The van der Waals surface area contributed by atoms with Gasteiger partial charge in [-0.1, -0.05) is 36.4 Å². The largest absolute Gasteiger partial charge is 0.287 e. The van der Waals surface area contributed by atoms with Crippen LogP contribution in [-0.4, -0.2) is 17.4 Å². The molecule has 1 amide bonds. The van der Waals surface area contributed by atoms with Gasteiger partial charge in [-0.05, 0) is 18.6 Å². The Hall–Kier alpha value is -2.73. The number of nitro benzene ring substituents is 1. The van der Waals surface area contributed by atoms with Crippen molar-refractivity contribution in [2.75, 3.05) is 6.54 Å². The molecule has 108 valence electrons. The zero-order valence-corrected chi connectivity index (χ0v) is 11.3. The Labute approximate surface area is 121 Å². The smallest absolute Gasteiger partial charge is 0.272 e. The van der Waals surface area contributed by atoms with Crippen LogP contribution in [0.5, 0.6) is 0 Å². The number of nitrogens with one attached hydrogen (secondary N) is 2. The molecule has 21 heavy (non-hydrogen) atoms. The molecule has 0 spiro atoms. The van der Waals surface area contributed by atoms with Crippen molar-refractivity contribution >= 4 is 11.6 Å². The Bertz CT molecular complexity index is 629. The average molecular weight is 285 g/mol. The van der Waals surface area contributed by atoms with Crippen LogP contribution in [-0.2, 0) is 6.42 Å². The summed E-state index contributed by atoms with van der Waals surface area (Å²) < 4.78 is 0. The van der Waals surface area contributed by atoms with Gasteiger partial charge in [0.15, 0.2) is 0 Å². The predicted molar refractivity (Wildman–Crippen MR) is 78.7 cm³/mol. The van der Waals surface area contributed by atoms with E-state index in [1.54, 1.807) is 42.5 Å². The molecule has 0 unspecified atom stereocenters. The van der Waals surface area contributed by atoms with Crippen molar-refractivity contribution in [1.29, 1.82) is 0 Å². The lowest BCUT2D eigenvalue weighted by molar-refractivity contribution is -0.385. The maximum Gasteiger partial charge on any atom is 0.272 e. The number of hydrazine groups is 1. The van der Waals surface area contributed by atoms with Crippen LogP contribution in [0.25, 0.3) is 0 Å². The minimum absolute atomic E-state index is 0.0914. The van der Waals surface area contributed by atoms with E-state index in [-0.39, 0.29) is 11.6 Å². The molecule has 6 heteroatoms. The molecule has 2 N–H and O–H groups in total. The fourth-order valence-electron chi connectivity index (χ4n) is 1.90. The number of benzene rings is 2. The highest BCUT2D eigenvalue weighted by Crippen LogP contribution is 2.17. The first-order chi connectivity index (χ1) is 10.2. The maximum absolute atomic E-state index is 11.7. The van der Waals surface area contributed by atoms with Gasteiger partial charge in [-0.25, -0.2) is 5.43 Å². The van der Waals surface area contributed by atoms with Crippen LogP contribution in [0.2, 0.25) is 0 Å². The molecule has 2 aromatic carbocycles. The topological polar surface area (TPSA) is 84.3 Å². The van der Waals surface area contributed by atoms with Gasteiger partial charge in [0.1, 0.15) is 0 Å². The van der Waals surface area contributed by atoms with Crippen LogP contribution < -0.4 is 10.9 Å². The normalized spacial score (nSPS) is 10.1. The van der Waals surface area contributed by atoms with Crippen molar-refractivity contribution < 1.29 is 9.72 Å². The average Bonchev–Trinajstić information content (AvgIpc) is 2.52. The summed E-state index contributed by atoms with van der Waals surface area (Å²) in [5.41, 5.74) is 6.61. The predicted octanol–water partition coefficient (Wildman–Crippen LogP) is 2.07. The second kappa shape index (κ2) is 7.16. The lowest BCUT2D eigenvalue weighted by atomic mass is 10.1. The third kappa shape index (κ3) is 4.12. The molecular weight excluding hydrogens is 270 g/mol. The molecule has 0 atom stereocenters. The summed E-state index contributed by atoms with van der Waals surface area (Å²) in [6.07, 6.45) is 0.451. The number of nitrogens with zero attached hydrogens (tertiary/aromatic N) is 1. The monoisotopic (exact) mass is 285 g/mol. The number of nitro groups is 1. The highest BCUT2D eigenvalue weighted by Gasteiger charge is 2.11. The van der Waals surface area contributed by atoms with Crippen LogP contribution in [0.4, 0.5) is 5.69 Å². The number of rotatable bonds is 6. The Morgan fingerprint density at radius 3 is 2.43 bits per heavy atom. The minimum Gasteiger partial charge on any atom is -0.287 e. The molecule has 2 rings (SSSR count). The summed E-state index contributed by atoms with van der Waals surface area (Å²) in [7, 11) is 0. The lowest BCUT2D eigenvalue weighted by Gasteiger charge is -2.07. The molecule has 0 aliphatic rings. The van der Waals surface area contributed by atoms with E-state index in [1.807, 2.05) is 6.07 Å². The summed E-state index contributed by atoms with van der Waals surface area (Å²) >= 11 is 0. The van der Waals surface area contributed by atoms with Gasteiger partial charge in [0, 0.05) is 23.7 Å². The molecule has 0 fully saturated rings. The SMILES string of the molecule is O=C(NNCCc1ccccc1[N+](=O)[O-])c1ccccc1. The molecule has 0 bridgehead atoms. The molecule has 0 aliphatic carbocycles. The molecule has 6 nitrogen and oxygen atoms in total.